The lowest BCUT2D eigenvalue weighted by Gasteiger charge is -2.51. The summed E-state index contributed by atoms with van der Waals surface area (Å²) in [5, 5.41) is 12.7. The van der Waals surface area contributed by atoms with Crippen molar-refractivity contribution in [2.75, 3.05) is 13.3 Å². The van der Waals surface area contributed by atoms with Crippen molar-refractivity contribution >= 4 is 23.8 Å². The second-order valence-electron chi connectivity index (χ2n) is 12.7. The first-order valence-electron chi connectivity index (χ1n) is 14.0. The average molecular weight is 578 g/mol. The minimum Gasteiger partial charge on any atom is -0.461 e. The number of rotatable bonds is 5. The van der Waals surface area contributed by atoms with Crippen LogP contribution >= 0.6 is 0 Å². The minimum absolute atomic E-state index is 0.0767. The highest BCUT2D eigenvalue weighted by atomic mass is 16.7. The number of nitrogens with zero attached hydrogens (tertiary/aromatic N) is 1. The van der Waals surface area contributed by atoms with Crippen LogP contribution in [0.5, 0.6) is 11.5 Å². The normalized spacial score (nSPS) is 34.1. The van der Waals surface area contributed by atoms with Gasteiger partial charge in [0.2, 0.25) is 6.79 Å². The van der Waals surface area contributed by atoms with Crippen molar-refractivity contribution in [1.82, 2.24) is 4.90 Å². The molecule has 11 heteroatoms. The smallest absolute Gasteiger partial charge is 0.338 e. The Morgan fingerprint density at radius 3 is 2.52 bits per heavy atom. The predicted molar refractivity (Wildman–Crippen MR) is 142 cm³/mol. The summed E-state index contributed by atoms with van der Waals surface area (Å²) in [6.45, 7) is 5.55. The summed E-state index contributed by atoms with van der Waals surface area (Å²) in [7, 11) is 0. The largest absolute Gasteiger partial charge is 0.461 e. The Bertz CT molecular complexity index is 1520. The second kappa shape index (κ2) is 8.70. The number of ether oxygens (including phenoxy) is 5. The van der Waals surface area contributed by atoms with Crippen molar-refractivity contribution < 1.29 is 48.0 Å². The van der Waals surface area contributed by atoms with Crippen LogP contribution in [0.2, 0.25) is 0 Å². The van der Waals surface area contributed by atoms with Gasteiger partial charge in [-0.3, -0.25) is 14.4 Å². The average Bonchev–Trinajstić information content (AvgIpc) is 3.70. The zero-order valence-electron chi connectivity index (χ0n) is 23.5. The second-order valence-corrected chi connectivity index (χ2v) is 12.7. The van der Waals surface area contributed by atoms with E-state index < -0.39 is 70.5 Å². The molecule has 11 nitrogen and oxygen atoms in total. The summed E-state index contributed by atoms with van der Waals surface area (Å²) in [6, 6.07) is 13.6. The molecule has 1 N–H and O–H groups in total. The highest BCUT2D eigenvalue weighted by Crippen LogP contribution is 2.76. The topological polar surface area (TPSA) is 138 Å². The SMILES string of the molecule is CC(C)(C)[C@]1(O)C[C@@H]2OC(=O)CC23C(=O)O[C@@H]2N(CCc4ccc5c(c4)OCO5)C(=O)[C@H](OC(=O)c4ccccc4)C231. The van der Waals surface area contributed by atoms with E-state index in [2.05, 4.69) is 0 Å². The summed E-state index contributed by atoms with van der Waals surface area (Å²) >= 11 is 0. The van der Waals surface area contributed by atoms with Crippen molar-refractivity contribution in [3.63, 3.8) is 0 Å². The van der Waals surface area contributed by atoms with Gasteiger partial charge < -0.3 is 33.7 Å². The number of hydrogen-bond acceptors (Lipinski definition) is 10. The summed E-state index contributed by atoms with van der Waals surface area (Å²) in [6.07, 6.45) is -4.15. The molecule has 6 atom stereocenters. The monoisotopic (exact) mass is 577 g/mol. The van der Waals surface area contributed by atoms with E-state index in [-0.39, 0.29) is 25.3 Å². The van der Waals surface area contributed by atoms with Crippen LogP contribution in [-0.2, 0) is 35.0 Å². The molecule has 0 radical (unpaired) electrons. The van der Waals surface area contributed by atoms with E-state index in [1.54, 1.807) is 57.2 Å². The van der Waals surface area contributed by atoms with Crippen molar-refractivity contribution in [3.8, 4) is 11.5 Å². The first-order valence-corrected chi connectivity index (χ1v) is 14.0. The molecule has 5 aliphatic rings. The maximum Gasteiger partial charge on any atom is 0.338 e. The Kier molecular flexibility index (Phi) is 5.54. The molecule has 2 unspecified atom stereocenters. The Balaban J connectivity index is 1.35. The molecular formula is C31H31NO10. The minimum atomic E-state index is -1.82. The van der Waals surface area contributed by atoms with Crippen LogP contribution in [0.25, 0.3) is 0 Å². The van der Waals surface area contributed by atoms with E-state index in [1.165, 1.54) is 4.90 Å². The van der Waals surface area contributed by atoms with Gasteiger partial charge in [-0.05, 0) is 41.7 Å². The van der Waals surface area contributed by atoms with Crippen LogP contribution < -0.4 is 9.47 Å². The lowest BCUT2D eigenvalue weighted by molar-refractivity contribution is -0.211. The number of fused-ring (bicyclic) bond motifs is 1. The van der Waals surface area contributed by atoms with Crippen molar-refractivity contribution in [2.45, 2.75) is 64.1 Å². The molecule has 220 valence electrons. The zero-order chi connectivity index (χ0) is 29.7. The molecule has 2 aromatic carbocycles. The van der Waals surface area contributed by atoms with E-state index in [4.69, 9.17) is 23.7 Å². The van der Waals surface area contributed by atoms with Gasteiger partial charge in [-0.15, -0.1) is 0 Å². The van der Waals surface area contributed by atoms with Gasteiger partial charge in [-0.2, -0.15) is 0 Å². The van der Waals surface area contributed by atoms with Crippen molar-refractivity contribution in [2.24, 2.45) is 16.2 Å². The van der Waals surface area contributed by atoms with E-state index in [0.717, 1.165) is 5.56 Å². The lowest BCUT2D eigenvalue weighted by atomic mass is 9.52. The molecule has 4 fully saturated rings. The number of aliphatic hydroxyl groups is 1. The number of carbonyl (C=O) groups excluding carboxylic acids is 4. The number of amides is 1. The predicted octanol–water partition coefficient (Wildman–Crippen LogP) is 2.38. The highest BCUT2D eigenvalue weighted by molar-refractivity contribution is 5.99. The number of benzene rings is 2. The van der Waals surface area contributed by atoms with Gasteiger partial charge in [-0.1, -0.05) is 45.0 Å². The van der Waals surface area contributed by atoms with Gasteiger partial charge in [0.25, 0.3) is 5.91 Å². The van der Waals surface area contributed by atoms with Crippen LogP contribution in [0, 0.1) is 16.2 Å². The maximum absolute atomic E-state index is 14.4. The third kappa shape index (κ3) is 3.20. The van der Waals surface area contributed by atoms with E-state index in [1.807, 2.05) is 12.1 Å². The summed E-state index contributed by atoms with van der Waals surface area (Å²) in [5.41, 5.74) is -5.27. The molecule has 2 spiro atoms. The number of carbonyl (C=O) groups is 4. The third-order valence-electron chi connectivity index (χ3n) is 9.88. The van der Waals surface area contributed by atoms with Crippen molar-refractivity contribution in [3.05, 3.63) is 59.7 Å². The fourth-order valence-corrected chi connectivity index (χ4v) is 7.92. The highest BCUT2D eigenvalue weighted by Gasteiger charge is 2.93. The van der Waals surface area contributed by atoms with Crippen LogP contribution in [0.3, 0.4) is 0 Å². The van der Waals surface area contributed by atoms with Gasteiger partial charge in [0.15, 0.2) is 23.8 Å². The van der Waals surface area contributed by atoms with E-state index in [0.29, 0.717) is 17.9 Å². The molecule has 42 heavy (non-hydrogen) atoms. The van der Waals surface area contributed by atoms with Crippen LogP contribution in [0.15, 0.2) is 48.5 Å². The molecule has 4 heterocycles. The first-order chi connectivity index (χ1) is 19.9. The Hall–Kier alpha value is -4.12. The van der Waals surface area contributed by atoms with Crippen LogP contribution in [-0.4, -0.2) is 71.2 Å². The molecule has 2 aromatic rings. The number of likely N-dealkylation sites (tertiary alicyclic amines) is 1. The van der Waals surface area contributed by atoms with Gasteiger partial charge in [-0.25, -0.2) is 4.79 Å². The molecule has 0 bridgehead atoms. The molecule has 0 aromatic heterocycles. The Morgan fingerprint density at radius 2 is 1.79 bits per heavy atom. The quantitative estimate of drug-likeness (QED) is 0.416. The Morgan fingerprint density at radius 1 is 1.05 bits per heavy atom. The molecule has 1 saturated carbocycles. The zero-order valence-corrected chi connectivity index (χ0v) is 23.5. The fraction of sp³-hybridized carbons (Fsp3) is 0.484. The standard InChI is InChI=1S/C31H31NO10/c1-28(2,3)30(37)14-21-29(15-22(33)40-21)27(36)42-26-31(29,30)23(41-25(35)18-7-5-4-6-8-18)24(34)32(26)12-11-17-9-10-19-20(13-17)39-16-38-19/h4-10,13,21,23,26,37H,11-12,14-16H2,1-3H3/t21-,23-,26-,29?,30+,31?/m0/s1. The van der Waals surface area contributed by atoms with Crippen LogP contribution in [0.1, 0.15) is 49.5 Å². The van der Waals surface area contributed by atoms with Gasteiger partial charge >= 0.3 is 17.9 Å². The molecule has 3 saturated heterocycles. The third-order valence-corrected chi connectivity index (χ3v) is 9.88. The van der Waals surface area contributed by atoms with Crippen molar-refractivity contribution in [1.29, 1.82) is 0 Å². The lowest BCUT2D eigenvalue weighted by Crippen LogP contribution is -2.66. The molecule has 1 amide bonds. The Labute approximate surface area is 241 Å². The number of esters is 3. The molecule has 4 aliphatic heterocycles. The summed E-state index contributed by atoms with van der Waals surface area (Å²) in [4.78, 5) is 55.9. The van der Waals surface area contributed by atoms with Gasteiger partial charge in [0.05, 0.1) is 17.6 Å². The summed E-state index contributed by atoms with van der Waals surface area (Å²) < 4.78 is 28.5. The fourth-order valence-electron chi connectivity index (χ4n) is 7.92. The van der Waals surface area contributed by atoms with E-state index >= 15 is 0 Å². The first kappa shape index (κ1) is 26.8. The van der Waals surface area contributed by atoms with Gasteiger partial charge in [0, 0.05) is 13.0 Å². The maximum atomic E-state index is 14.4. The van der Waals surface area contributed by atoms with Gasteiger partial charge in [0.1, 0.15) is 16.9 Å². The van der Waals surface area contributed by atoms with Crippen LogP contribution in [0.4, 0.5) is 0 Å². The molecule has 7 rings (SSSR count). The number of hydrogen-bond donors (Lipinski definition) is 1. The van der Waals surface area contributed by atoms with E-state index in [9.17, 15) is 24.3 Å². The summed E-state index contributed by atoms with van der Waals surface area (Å²) in [5.74, 6) is -1.58. The molecule has 1 aliphatic carbocycles. The molecular weight excluding hydrogens is 546 g/mol.